The maximum Gasteiger partial charge on any atom is 0.318 e. The van der Waals surface area contributed by atoms with Gasteiger partial charge < -0.3 is 25.6 Å². The van der Waals surface area contributed by atoms with Gasteiger partial charge in [0, 0.05) is 55.4 Å². The number of carbonyl (C=O) groups excluding carboxylic acids is 2. The molecule has 1 aromatic carbocycles. The summed E-state index contributed by atoms with van der Waals surface area (Å²) in [6.07, 6.45) is 1.88. The number of pyridine rings is 1. The number of nitrogens with zero attached hydrogens (tertiary/aromatic N) is 3. The van der Waals surface area contributed by atoms with E-state index in [1.807, 2.05) is 60.1 Å². The van der Waals surface area contributed by atoms with Crippen molar-refractivity contribution in [2.45, 2.75) is 19.5 Å². The number of hydrogen-bond donors (Lipinski definition) is 2. The number of anilines is 1. The number of Topliss-reactive ketones (excluding diaryl/α,β-unsaturated/α-hetero) is 1. The van der Waals surface area contributed by atoms with Gasteiger partial charge in [-0.1, -0.05) is 24.3 Å². The Hall–Kier alpha value is -3.43. The highest BCUT2D eigenvalue weighted by molar-refractivity contribution is 7.08. The number of rotatable bonds is 11. The van der Waals surface area contributed by atoms with Crippen molar-refractivity contribution in [1.82, 2.24) is 20.1 Å². The predicted molar refractivity (Wildman–Crippen MR) is 135 cm³/mol. The van der Waals surface area contributed by atoms with Crippen LogP contribution in [0.3, 0.4) is 0 Å². The number of carbonyl (C=O) groups is 2. The first-order valence-corrected chi connectivity index (χ1v) is 11.9. The van der Waals surface area contributed by atoms with E-state index in [9.17, 15) is 9.59 Å². The molecule has 0 atom stereocenters. The second-order valence-electron chi connectivity index (χ2n) is 8.20. The molecule has 3 N–H and O–H groups in total. The molecule has 2 amide bonds. The minimum atomic E-state index is -0.180. The maximum absolute atomic E-state index is 13.0. The number of amides is 2. The van der Waals surface area contributed by atoms with Crippen LogP contribution in [0.25, 0.3) is 0 Å². The van der Waals surface area contributed by atoms with Crippen LogP contribution in [0.4, 0.5) is 10.5 Å². The molecule has 0 aliphatic heterocycles. The number of nitrogens with one attached hydrogen (secondary N) is 1. The van der Waals surface area contributed by atoms with Gasteiger partial charge in [-0.25, -0.2) is 4.79 Å². The molecular weight excluding hydrogens is 450 g/mol. The van der Waals surface area contributed by atoms with Crippen LogP contribution in [0.15, 0.2) is 53.4 Å². The second kappa shape index (κ2) is 12.2. The molecule has 0 unspecified atom stereocenters. The number of methoxy groups -OCH3 is 1. The highest BCUT2D eigenvalue weighted by Crippen LogP contribution is 2.19. The lowest BCUT2D eigenvalue weighted by Gasteiger charge is -2.25. The number of para-hydroxylation sites is 1. The number of nitrogens with two attached hydrogens (primary N) is 1. The summed E-state index contributed by atoms with van der Waals surface area (Å²) in [6.45, 7) is 2.00. The van der Waals surface area contributed by atoms with E-state index in [0.717, 1.165) is 22.4 Å². The highest BCUT2D eigenvalue weighted by atomic mass is 32.1. The molecule has 3 aromatic rings. The van der Waals surface area contributed by atoms with Crippen molar-refractivity contribution < 1.29 is 14.3 Å². The molecule has 0 bridgehead atoms. The van der Waals surface area contributed by atoms with Crippen molar-refractivity contribution >= 4 is 28.8 Å². The first kappa shape index (κ1) is 25.2. The first-order chi connectivity index (χ1) is 16.4. The molecule has 9 heteroatoms. The van der Waals surface area contributed by atoms with Crippen LogP contribution in [0, 0.1) is 0 Å². The minimum Gasteiger partial charge on any atom is -0.496 e. The summed E-state index contributed by atoms with van der Waals surface area (Å²) in [5.74, 6) is 0.645. The van der Waals surface area contributed by atoms with Gasteiger partial charge in [0.2, 0.25) is 0 Å². The molecule has 0 aliphatic carbocycles. The molecule has 8 nitrogen and oxygen atoms in total. The third-order valence-corrected chi connectivity index (χ3v) is 6.15. The average molecular weight is 482 g/mol. The van der Waals surface area contributed by atoms with Gasteiger partial charge >= 0.3 is 6.03 Å². The monoisotopic (exact) mass is 481 g/mol. The predicted octanol–water partition coefficient (Wildman–Crippen LogP) is 3.43. The molecule has 34 heavy (non-hydrogen) atoms. The van der Waals surface area contributed by atoms with Crippen LogP contribution in [0.5, 0.6) is 5.75 Å². The Balaban J connectivity index is 1.64. The topological polar surface area (TPSA) is 101 Å². The fourth-order valence-electron chi connectivity index (χ4n) is 3.35. The van der Waals surface area contributed by atoms with E-state index in [0.29, 0.717) is 37.6 Å². The second-order valence-corrected chi connectivity index (χ2v) is 8.94. The van der Waals surface area contributed by atoms with Crippen LogP contribution < -0.4 is 15.8 Å². The van der Waals surface area contributed by atoms with Crippen molar-refractivity contribution in [1.29, 1.82) is 0 Å². The standard InChI is InChI=1S/C25H31N5O3S/c1-29(2)10-11-30(25(32)28-14-19-6-4-5-7-24(19)33-3)15-18-8-9-22(27-13-18)23(31)12-20-16-34-17-21(20)26/h4-9,13,16-17H,10-12,14-15,26H2,1-3H3,(H,28,32). The van der Waals surface area contributed by atoms with Gasteiger partial charge in [0.1, 0.15) is 11.4 Å². The SMILES string of the molecule is COc1ccccc1CNC(=O)N(CCN(C)C)Cc1ccc(C(=O)Cc2cscc2N)nc1. The molecule has 3 rings (SSSR count). The van der Waals surface area contributed by atoms with Gasteiger partial charge in [0.15, 0.2) is 5.78 Å². The molecule has 2 heterocycles. The summed E-state index contributed by atoms with van der Waals surface area (Å²) in [5, 5.41) is 6.68. The number of thiophene rings is 1. The Labute approximate surface area is 204 Å². The molecule has 0 fully saturated rings. The lowest BCUT2D eigenvalue weighted by molar-refractivity contribution is 0.0988. The Bertz CT molecular complexity index is 1100. The lowest BCUT2D eigenvalue weighted by Crippen LogP contribution is -2.42. The third-order valence-electron chi connectivity index (χ3n) is 5.34. The molecule has 0 aliphatic rings. The van der Waals surface area contributed by atoms with E-state index in [4.69, 9.17) is 10.5 Å². The van der Waals surface area contributed by atoms with E-state index in [-0.39, 0.29) is 18.2 Å². The Morgan fingerprint density at radius 2 is 1.88 bits per heavy atom. The molecule has 0 saturated carbocycles. The van der Waals surface area contributed by atoms with E-state index < -0.39 is 0 Å². The van der Waals surface area contributed by atoms with Gasteiger partial charge in [-0.05, 0) is 42.7 Å². The summed E-state index contributed by atoms with van der Waals surface area (Å²) < 4.78 is 5.37. The van der Waals surface area contributed by atoms with E-state index in [1.165, 1.54) is 11.3 Å². The van der Waals surface area contributed by atoms with Crippen molar-refractivity contribution in [2.24, 2.45) is 0 Å². The van der Waals surface area contributed by atoms with Gasteiger partial charge in [0.05, 0.1) is 7.11 Å². The summed E-state index contributed by atoms with van der Waals surface area (Å²) in [7, 11) is 5.54. The van der Waals surface area contributed by atoms with Crippen molar-refractivity contribution in [3.05, 3.63) is 75.7 Å². The summed E-state index contributed by atoms with van der Waals surface area (Å²) in [4.78, 5) is 33.6. The molecule has 2 aromatic heterocycles. The van der Waals surface area contributed by atoms with Gasteiger partial charge in [-0.3, -0.25) is 9.78 Å². The first-order valence-electron chi connectivity index (χ1n) is 11.0. The van der Waals surface area contributed by atoms with Crippen LogP contribution in [0.1, 0.15) is 27.2 Å². The van der Waals surface area contributed by atoms with Crippen molar-refractivity contribution in [2.75, 3.05) is 40.0 Å². The molecule has 0 radical (unpaired) electrons. The zero-order valence-corrected chi connectivity index (χ0v) is 20.6. The molecular formula is C25H31N5O3S. The lowest BCUT2D eigenvalue weighted by atomic mass is 10.1. The molecule has 0 saturated heterocycles. The Kier molecular flexibility index (Phi) is 9.00. The smallest absolute Gasteiger partial charge is 0.318 e. The molecule has 180 valence electrons. The number of ketones is 1. The largest absolute Gasteiger partial charge is 0.496 e. The fraction of sp³-hybridized carbons (Fsp3) is 0.320. The third kappa shape index (κ3) is 7.03. The van der Waals surface area contributed by atoms with Gasteiger partial charge in [-0.2, -0.15) is 0 Å². The number of aromatic nitrogens is 1. The number of ether oxygens (including phenoxy) is 1. The zero-order chi connectivity index (χ0) is 24.5. The van der Waals surface area contributed by atoms with E-state index in [1.54, 1.807) is 24.3 Å². The van der Waals surface area contributed by atoms with Crippen LogP contribution in [-0.4, -0.2) is 60.9 Å². The van der Waals surface area contributed by atoms with E-state index >= 15 is 0 Å². The Morgan fingerprint density at radius 1 is 1.09 bits per heavy atom. The summed E-state index contributed by atoms with van der Waals surface area (Å²) in [5.41, 5.74) is 9.47. The number of hydrogen-bond acceptors (Lipinski definition) is 7. The number of likely N-dealkylation sites (N-methyl/N-ethyl adjacent to an activating group) is 1. The summed E-state index contributed by atoms with van der Waals surface area (Å²) in [6, 6.07) is 11.0. The molecule has 0 spiro atoms. The minimum absolute atomic E-state index is 0.0873. The average Bonchev–Trinajstić information content (AvgIpc) is 3.24. The normalized spacial score (nSPS) is 10.8. The van der Waals surface area contributed by atoms with Crippen LogP contribution >= 0.6 is 11.3 Å². The van der Waals surface area contributed by atoms with Crippen LogP contribution in [0.2, 0.25) is 0 Å². The number of nitrogen functional groups attached to an aromatic ring is 1. The zero-order valence-electron chi connectivity index (χ0n) is 19.8. The van der Waals surface area contributed by atoms with Gasteiger partial charge in [0.25, 0.3) is 0 Å². The van der Waals surface area contributed by atoms with Gasteiger partial charge in [-0.15, -0.1) is 11.3 Å². The fourth-order valence-corrected chi connectivity index (χ4v) is 4.10. The van der Waals surface area contributed by atoms with Crippen molar-refractivity contribution in [3.8, 4) is 5.75 Å². The number of benzene rings is 1. The number of urea groups is 1. The van der Waals surface area contributed by atoms with Crippen molar-refractivity contribution in [3.63, 3.8) is 0 Å². The Morgan fingerprint density at radius 3 is 2.53 bits per heavy atom. The summed E-state index contributed by atoms with van der Waals surface area (Å²) >= 11 is 1.47. The maximum atomic E-state index is 13.0. The van der Waals surface area contributed by atoms with E-state index in [2.05, 4.69) is 10.3 Å². The highest BCUT2D eigenvalue weighted by Gasteiger charge is 2.16. The van der Waals surface area contributed by atoms with Crippen LogP contribution in [-0.2, 0) is 19.5 Å². The quantitative estimate of drug-likeness (QED) is 0.407.